The fraction of sp³-hybridized carbons (Fsp3) is 0.0476. The molecule has 1 amide bonds. The molecule has 7 heteroatoms. The number of nitrogens with zero attached hydrogens (tertiary/aromatic N) is 1. The first kappa shape index (κ1) is 17.9. The highest BCUT2D eigenvalue weighted by Crippen LogP contribution is 2.44. The lowest BCUT2D eigenvalue weighted by Crippen LogP contribution is -2.31. The van der Waals surface area contributed by atoms with Gasteiger partial charge in [-0.15, -0.1) is 11.3 Å². The molecule has 0 saturated heterocycles. The van der Waals surface area contributed by atoms with Gasteiger partial charge in [-0.1, -0.05) is 30.3 Å². The number of thiophene rings is 1. The maximum absolute atomic E-state index is 13.4. The Bertz CT molecular complexity index is 1090. The second-order valence-corrected chi connectivity index (χ2v) is 7.13. The van der Waals surface area contributed by atoms with Gasteiger partial charge in [-0.05, 0) is 41.3 Å². The zero-order valence-corrected chi connectivity index (χ0v) is 15.2. The monoisotopic (exact) mass is 395 g/mol. The zero-order valence-electron chi connectivity index (χ0n) is 14.4. The van der Waals surface area contributed by atoms with Gasteiger partial charge in [-0.2, -0.15) is 0 Å². The van der Waals surface area contributed by atoms with Gasteiger partial charge >= 0.3 is 0 Å². The predicted octanol–water partition coefficient (Wildman–Crippen LogP) is 4.38. The SMILES string of the molecule is O=C(C1=C(O)C(=O)N(c2ccccc2O)C1c1ccc(F)cc1)c1cccs1. The Labute approximate surface area is 163 Å². The van der Waals surface area contributed by atoms with Crippen LogP contribution in [0.15, 0.2) is 77.4 Å². The number of phenols is 1. The first-order valence-electron chi connectivity index (χ1n) is 8.37. The van der Waals surface area contributed by atoms with Gasteiger partial charge in [0.15, 0.2) is 5.76 Å². The topological polar surface area (TPSA) is 77.8 Å². The minimum Gasteiger partial charge on any atom is -0.506 e. The Morgan fingerprint density at radius 2 is 1.71 bits per heavy atom. The van der Waals surface area contributed by atoms with Crippen LogP contribution in [0.2, 0.25) is 0 Å². The summed E-state index contributed by atoms with van der Waals surface area (Å²) in [5.41, 5.74) is 0.464. The molecule has 2 aromatic carbocycles. The summed E-state index contributed by atoms with van der Waals surface area (Å²) >= 11 is 1.19. The third-order valence-electron chi connectivity index (χ3n) is 4.52. The van der Waals surface area contributed by atoms with E-state index in [1.165, 1.54) is 47.7 Å². The van der Waals surface area contributed by atoms with Crippen molar-refractivity contribution in [3.05, 3.63) is 93.6 Å². The van der Waals surface area contributed by atoms with Gasteiger partial charge in [-0.3, -0.25) is 14.5 Å². The molecule has 0 radical (unpaired) electrons. The standard InChI is InChI=1S/C21H14FNO4S/c22-13-9-7-12(8-10-13)18-17(19(25)16-6-3-11-28-16)20(26)21(27)23(18)14-4-1-2-5-15(14)24/h1-11,18,24,26H. The summed E-state index contributed by atoms with van der Waals surface area (Å²) < 4.78 is 13.4. The molecule has 0 fully saturated rings. The number of carbonyl (C=O) groups excluding carboxylic acids is 2. The summed E-state index contributed by atoms with van der Waals surface area (Å²) in [6, 6.07) is 13.7. The van der Waals surface area contributed by atoms with Gasteiger partial charge in [0.05, 0.1) is 22.2 Å². The van der Waals surface area contributed by atoms with Crippen LogP contribution in [-0.4, -0.2) is 21.9 Å². The van der Waals surface area contributed by atoms with Gasteiger partial charge in [-0.25, -0.2) is 4.39 Å². The molecule has 0 bridgehead atoms. The van der Waals surface area contributed by atoms with Gasteiger partial charge < -0.3 is 10.2 Å². The third-order valence-corrected chi connectivity index (χ3v) is 5.39. The average Bonchev–Trinajstić information content (AvgIpc) is 3.31. The Kier molecular flexibility index (Phi) is 4.44. The van der Waals surface area contributed by atoms with Crippen molar-refractivity contribution in [2.75, 3.05) is 4.90 Å². The van der Waals surface area contributed by atoms with Crippen LogP contribution in [0.1, 0.15) is 21.3 Å². The summed E-state index contributed by atoms with van der Waals surface area (Å²) in [7, 11) is 0. The summed E-state index contributed by atoms with van der Waals surface area (Å²) in [6.07, 6.45) is 0. The Hall–Kier alpha value is -3.45. The molecule has 2 N–H and O–H groups in total. The number of aliphatic hydroxyl groups is 1. The Morgan fingerprint density at radius 1 is 1.00 bits per heavy atom. The van der Waals surface area contributed by atoms with Crippen molar-refractivity contribution in [1.29, 1.82) is 0 Å². The van der Waals surface area contributed by atoms with Gasteiger partial charge in [0.2, 0.25) is 5.78 Å². The molecule has 1 atom stereocenters. The van der Waals surface area contributed by atoms with E-state index >= 15 is 0 Å². The van der Waals surface area contributed by atoms with Crippen LogP contribution in [0.5, 0.6) is 5.75 Å². The molecule has 0 aliphatic carbocycles. The highest BCUT2D eigenvalue weighted by atomic mass is 32.1. The molecule has 1 aliphatic rings. The number of anilines is 1. The number of aliphatic hydroxyl groups excluding tert-OH is 1. The molecule has 5 nitrogen and oxygen atoms in total. The number of hydrogen-bond donors (Lipinski definition) is 2. The van der Waals surface area contributed by atoms with E-state index in [9.17, 15) is 24.2 Å². The highest BCUT2D eigenvalue weighted by molar-refractivity contribution is 7.12. The van der Waals surface area contributed by atoms with Crippen molar-refractivity contribution in [2.24, 2.45) is 0 Å². The first-order valence-corrected chi connectivity index (χ1v) is 9.25. The van der Waals surface area contributed by atoms with E-state index in [1.807, 2.05) is 0 Å². The van der Waals surface area contributed by atoms with E-state index in [1.54, 1.807) is 29.6 Å². The van der Waals surface area contributed by atoms with Crippen molar-refractivity contribution >= 4 is 28.7 Å². The molecule has 140 valence electrons. The number of Topliss-reactive ketones (excluding diaryl/α,β-unsaturated/α-hetero) is 1. The van der Waals surface area contributed by atoms with Crippen LogP contribution in [0.4, 0.5) is 10.1 Å². The van der Waals surface area contributed by atoms with Crippen LogP contribution in [0, 0.1) is 5.82 Å². The molecular weight excluding hydrogens is 381 g/mol. The number of amides is 1. The molecule has 2 heterocycles. The van der Waals surface area contributed by atoms with E-state index in [-0.39, 0.29) is 17.0 Å². The third kappa shape index (κ3) is 2.86. The van der Waals surface area contributed by atoms with Crippen LogP contribution >= 0.6 is 11.3 Å². The lowest BCUT2D eigenvalue weighted by Gasteiger charge is -2.27. The number of ketones is 1. The molecular formula is C21H14FNO4S. The minimum absolute atomic E-state index is 0.109. The van der Waals surface area contributed by atoms with E-state index in [0.29, 0.717) is 10.4 Å². The predicted molar refractivity (Wildman–Crippen MR) is 103 cm³/mol. The molecule has 1 aliphatic heterocycles. The molecule has 1 aromatic heterocycles. The molecule has 4 rings (SSSR count). The second-order valence-electron chi connectivity index (χ2n) is 6.19. The number of aromatic hydroxyl groups is 1. The number of carbonyl (C=O) groups is 2. The number of benzene rings is 2. The number of para-hydroxylation sites is 2. The quantitative estimate of drug-likeness (QED) is 0.643. The van der Waals surface area contributed by atoms with Crippen molar-refractivity contribution in [3.63, 3.8) is 0 Å². The maximum Gasteiger partial charge on any atom is 0.294 e. The highest BCUT2D eigenvalue weighted by Gasteiger charge is 2.45. The molecule has 0 spiro atoms. The van der Waals surface area contributed by atoms with Crippen molar-refractivity contribution < 1.29 is 24.2 Å². The molecule has 28 heavy (non-hydrogen) atoms. The summed E-state index contributed by atoms with van der Waals surface area (Å²) in [4.78, 5) is 27.4. The normalized spacial score (nSPS) is 16.7. The fourth-order valence-electron chi connectivity index (χ4n) is 3.25. The van der Waals surface area contributed by atoms with Crippen LogP contribution < -0.4 is 4.90 Å². The molecule has 3 aromatic rings. The first-order chi connectivity index (χ1) is 13.5. The number of phenolic OH excluding ortho intramolecular Hbond substituents is 1. The second kappa shape index (κ2) is 6.94. The number of halogens is 1. The summed E-state index contributed by atoms with van der Waals surface area (Å²) in [6.45, 7) is 0. The van der Waals surface area contributed by atoms with Crippen LogP contribution in [-0.2, 0) is 4.79 Å². The maximum atomic E-state index is 13.4. The van der Waals surface area contributed by atoms with E-state index < -0.39 is 29.3 Å². The van der Waals surface area contributed by atoms with Gasteiger partial charge in [0.1, 0.15) is 11.6 Å². The smallest absolute Gasteiger partial charge is 0.294 e. The van der Waals surface area contributed by atoms with Crippen LogP contribution in [0.3, 0.4) is 0 Å². The van der Waals surface area contributed by atoms with E-state index in [4.69, 9.17) is 0 Å². The Morgan fingerprint density at radius 3 is 2.36 bits per heavy atom. The summed E-state index contributed by atoms with van der Waals surface area (Å²) in [5, 5.41) is 22.5. The molecule has 0 saturated carbocycles. The lowest BCUT2D eigenvalue weighted by molar-refractivity contribution is -0.117. The zero-order chi connectivity index (χ0) is 19.8. The minimum atomic E-state index is -1.00. The largest absolute Gasteiger partial charge is 0.506 e. The van der Waals surface area contributed by atoms with Crippen molar-refractivity contribution in [3.8, 4) is 5.75 Å². The van der Waals surface area contributed by atoms with Gasteiger partial charge in [0.25, 0.3) is 5.91 Å². The fourth-order valence-corrected chi connectivity index (χ4v) is 3.93. The number of rotatable bonds is 4. The van der Waals surface area contributed by atoms with E-state index in [0.717, 1.165) is 4.90 Å². The van der Waals surface area contributed by atoms with Gasteiger partial charge in [0, 0.05) is 0 Å². The van der Waals surface area contributed by atoms with Crippen molar-refractivity contribution in [2.45, 2.75) is 6.04 Å². The average molecular weight is 395 g/mol. The summed E-state index contributed by atoms with van der Waals surface area (Å²) in [5.74, 6) is -2.64. The van der Waals surface area contributed by atoms with E-state index in [2.05, 4.69) is 0 Å². The van der Waals surface area contributed by atoms with Crippen LogP contribution in [0.25, 0.3) is 0 Å². The Balaban J connectivity index is 1.91. The molecule has 1 unspecified atom stereocenters. The number of hydrogen-bond acceptors (Lipinski definition) is 5. The van der Waals surface area contributed by atoms with Crippen molar-refractivity contribution in [1.82, 2.24) is 0 Å². The lowest BCUT2D eigenvalue weighted by atomic mass is 9.95.